The molecule has 0 aliphatic carbocycles. The van der Waals surface area contributed by atoms with Gasteiger partial charge in [0.1, 0.15) is 0 Å². The predicted octanol–water partition coefficient (Wildman–Crippen LogP) is 2.24. The molecular weight excluding hydrogens is 316 g/mol. The highest BCUT2D eigenvalue weighted by Crippen LogP contribution is 2.22. The summed E-state index contributed by atoms with van der Waals surface area (Å²) >= 11 is 0. The van der Waals surface area contributed by atoms with Crippen molar-refractivity contribution in [2.24, 2.45) is 0 Å². The normalized spacial score (nSPS) is 21.0. The van der Waals surface area contributed by atoms with Crippen LogP contribution in [0.5, 0.6) is 0 Å². The van der Waals surface area contributed by atoms with Crippen molar-refractivity contribution in [2.45, 2.75) is 57.7 Å². The van der Waals surface area contributed by atoms with Crippen LogP contribution in [0.3, 0.4) is 0 Å². The fourth-order valence-corrected chi connectivity index (χ4v) is 3.53. The van der Waals surface area contributed by atoms with Crippen molar-refractivity contribution >= 4 is 16.8 Å². The zero-order valence-electron chi connectivity index (χ0n) is 15.0. The van der Waals surface area contributed by atoms with Crippen LogP contribution in [0.4, 0.5) is 0 Å². The smallest absolute Gasteiger partial charge is 0.272 e. The number of benzene rings is 1. The second kappa shape index (κ2) is 7.97. The molecule has 2 heterocycles. The van der Waals surface area contributed by atoms with E-state index < -0.39 is 0 Å². The Morgan fingerprint density at radius 1 is 1.40 bits per heavy atom. The Morgan fingerprint density at radius 3 is 2.88 bits per heavy atom. The van der Waals surface area contributed by atoms with E-state index in [1.807, 2.05) is 28.9 Å². The summed E-state index contributed by atoms with van der Waals surface area (Å²) in [5.74, 6) is -0.101. The summed E-state index contributed by atoms with van der Waals surface area (Å²) in [6.45, 7) is 5.14. The van der Waals surface area contributed by atoms with Crippen LogP contribution in [-0.2, 0) is 0 Å². The number of fused-ring (bicyclic) bond motifs is 1. The Balaban J connectivity index is 1.67. The summed E-state index contributed by atoms with van der Waals surface area (Å²) in [5.41, 5.74) is 1.50. The number of piperidine rings is 1. The molecule has 1 fully saturated rings. The first-order valence-electron chi connectivity index (χ1n) is 9.22. The lowest BCUT2D eigenvalue weighted by atomic mass is 9.97. The molecule has 6 nitrogen and oxygen atoms in total. The van der Waals surface area contributed by atoms with Crippen LogP contribution in [0.1, 0.15) is 56.1 Å². The summed E-state index contributed by atoms with van der Waals surface area (Å²) in [6, 6.07) is 8.66. The van der Waals surface area contributed by atoms with Crippen molar-refractivity contribution in [1.29, 1.82) is 0 Å². The Hall–Kier alpha value is -1.92. The first kappa shape index (κ1) is 17.9. The highest BCUT2D eigenvalue weighted by Gasteiger charge is 2.24. The van der Waals surface area contributed by atoms with Crippen LogP contribution in [0.25, 0.3) is 10.9 Å². The van der Waals surface area contributed by atoms with Crippen LogP contribution in [0.15, 0.2) is 24.3 Å². The zero-order valence-corrected chi connectivity index (χ0v) is 15.0. The van der Waals surface area contributed by atoms with E-state index in [0.717, 1.165) is 43.1 Å². The maximum Gasteiger partial charge on any atom is 0.272 e. The van der Waals surface area contributed by atoms with Gasteiger partial charge in [0, 0.05) is 36.7 Å². The van der Waals surface area contributed by atoms with E-state index >= 15 is 0 Å². The third-order valence-electron chi connectivity index (χ3n) is 4.88. The van der Waals surface area contributed by atoms with Crippen LogP contribution >= 0.6 is 0 Å². The van der Waals surface area contributed by atoms with Gasteiger partial charge in [-0.3, -0.25) is 9.48 Å². The number of para-hydroxylation sites is 1. The van der Waals surface area contributed by atoms with Gasteiger partial charge in [-0.1, -0.05) is 18.2 Å². The van der Waals surface area contributed by atoms with E-state index in [1.54, 1.807) is 0 Å². The van der Waals surface area contributed by atoms with Crippen molar-refractivity contribution in [2.75, 3.05) is 13.2 Å². The van der Waals surface area contributed by atoms with E-state index in [4.69, 9.17) is 5.11 Å². The maximum atomic E-state index is 12.8. The van der Waals surface area contributed by atoms with Gasteiger partial charge < -0.3 is 15.7 Å². The van der Waals surface area contributed by atoms with Crippen molar-refractivity contribution in [3.63, 3.8) is 0 Å². The summed E-state index contributed by atoms with van der Waals surface area (Å²) in [7, 11) is 0. The maximum absolute atomic E-state index is 12.8. The van der Waals surface area contributed by atoms with Gasteiger partial charge in [0.25, 0.3) is 5.91 Å². The van der Waals surface area contributed by atoms with Gasteiger partial charge in [-0.25, -0.2) is 0 Å². The molecule has 0 radical (unpaired) electrons. The van der Waals surface area contributed by atoms with Crippen molar-refractivity contribution in [3.05, 3.63) is 30.0 Å². The molecule has 25 heavy (non-hydrogen) atoms. The van der Waals surface area contributed by atoms with Crippen molar-refractivity contribution in [3.8, 4) is 0 Å². The minimum Gasteiger partial charge on any atom is -0.396 e. The molecule has 3 rings (SSSR count). The van der Waals surface area contributed by atoms with Gasteiger partial charge in [-0.05, 0) is 45.6 Å². The van der Waals surface area contributed by atoms with Gasteiger partial charge >= 0.3 is 0 Å². The van der Waals surface area contributed by atoms with Gasteiger partial charge in [-0.2, -0.15) is 5.10 Å². The summed E-state index contributed by atoms with van der Waals surface area (Å²) in [4.78, 5) is 12.8. The molecule has 1 amide bonds. The van der Waals surface area contributed by atoms with E-state index in [1.165, 1.54) is 0 Å². The lowest BCUT2D eigenvalue weighted by Crippen LogP contribution is -2.49. The lowest BCUT2D eigenvalue weighted by Gasteiger charge is -2.30. The summed E-state index contributed by atoms with van der Waals surface area (Å²) in [6.07, 6.45) is 3.79. The van der Waals surface area contributed by atoms with Crippen molar-refractivity contribution < 1.29 is 9.90 Å². The van der Waals surface area contributed by atoms with Crippen molar-refractivity contribution in [1.82, 2.24) is 20.4 Å². The number of carbonyl (C=O) groups excluding carboxylic acids is 1. The molecule has 0 unspecified atom stereocenters. The predicted molar refractivity (Wildman–Crippen MR) is 98.7 cm³/mol. The molecule has 1 aromatic carbocycles. The standard InChI is InChI=1S/C19H28N4O2/c1-13(2)23-17-8-4-3-7-16(17)18(22-23)19(25)21-15-10-9-14(20-12-15)6-5-11-24/h3-4,7-8,13-15,20,24H,5-6,9-12H2,1-2H3,(H,21,25)/t14-,15+/m0/s1. The van der Waals surface area contributed by atoms with Crippen LogP contribution in [0.2, 0.25) is 0 Å². The molecule has 2 atom stereocenters. The zero-order chi connectivity index (χ0) is 17.8. The van der Waals surface area contributed by atoms with Gasteiger partial charge in [0.2, 0.25) is 0 Å². The number of rotatable bonds is 6. The number of nitrogens with zero attached hydrogens (tertiary/aromatic N) is 2. The molecule has 136 valence electrons. The molecule has 1 aliphatic rings. The van der Waals surface area contributed by atoms with E-state index in [0.29, 0.717) is 11.7 Å². The van der Waals surface area contributed by atoms with Crippen LogP contribution in [0, 0.1) is 0 Å². The topological polar surface area (TPSA) is 79.2 Å². The minimum atomic E-state index is -0.101. The highest BCUT2D eigenvalue weighted by atomic mass is 16.3. The second-order valence-corrected chi connectivity index (χ2v) is 7.12. The molecule has 0 spiro atoms. The largest absolute Gasteiger partial charge is 0.396 e. The Bertz CT molecular complexity index is 717. The second-order valence-electron chi connectivity index (χ2n) is 7.12. The number of hydrogen-bond donors (Lipinski definition) is 3. The highest BCUT2D eigenvalue weighted by molar-refractivity contribution is 6.05. The van der Waals surface area contributed by atoms with Gasteiger partial charge in [0.05, 0.1) is 5.52 Å². The molecule has 0 bridgehead atoms. The number of nitrogens with one attached hydrogen (secondary N) is 2. The Kier molecular flexibility index (Phi) is 5.71. The van der Waals surface area contributed by atoms with E-state index in [9.17, 15) is 4.79 Å². The Morgan fingerprint density at radius 2 is 2.20 bits per heavy atom. The first-order valence-corrected chi connectivity index (χ1v) is 9.22. The summed E-state index contributed by atoms with van der Waals surface area (Å²) < 4.78 is 1.91. The fraction of sp³-hybridized carbons (Fsp3) is 0.579. The number of amides is 1. The molecule has 6 heteroatoms. The number of hydrogen-bond acceptors (Lipinski definition) is 4. The van der Waals surface area contributed by atoms with Gasteiger partial charge in [-0.15, -0.1) is 0 Å². The molecule has 0 saturated carbocycles. The minimum absolute atomic E-state index is 0.101. The van der Waals surface area contributed by atoms with Gasteiger partial charge in [0.15, 0.2) is 5.69 Å². The number of aliphatic hydroxyl groups excluding tert-OH is 1. The molecule has 2 aromatic rings. The average Bonchev–Trinajstić information content (AvgIpc) is 3.01. The monoisotopic (exact) mass is 344 g/mol. The van der Waals surface area contributed by atoms with Crippen LogP contribution in [-0.4, -0.2) is 46.0 Å². The third kappa shape index (κ3) is 4.02. The lowest BCUT2D eigenvalue weighted by molar-refractivity contribution is 0.0922. The van der Waals surface area contributed by atoms with E-state index in [-0.39, 0.29) is 24.6 Å². The third-order valence-corrected chi connectivity index (χ3v) is 4.88. The molecule has 1 saturated heterocycles. The molecule has 1 aliphatic heterocycles. The SMILES string of the molecule is CC(C)n1nc(C(=O)N[C@@H]2CC[C@H](CCCO)NC2)c2ccccc21. The van der Waals surface area contributed by atoms with E-state index in [2.05, 4.69) is 29.6 Å². The number of carbonyl (C=O) groups is 1. The average molecular weight is 344 g/mol. The fourth-order valence-electron chi connectivity index (χ4n) is 3.53. The quantitative estimate of drug-likeness (QED) is 0.751. The first-order chi connectivity index (χ1) is 12.1. The van der Waals surface area contributed by atoms with Crippen LogP contribution < -0.4 is 10.6 Å². The molecular formula is C19H28N4O2. The molecule has 3 N–H and O–H groups in total. The summed E-state index contributed by atoms with van der Waals surface area (Å²) in [5, 5.41) is 21.0. The Labute approximate surface area is 148 Å². The number of aliphatic hydroxyl groups is 1. The number of aromatic nitrogens is 2. The molecule has 1 aromatic heterocycles.